The first kappa shape index (κ1) is 20.3. The first-order chi connectivity index (χ1) is 14.7. The van der Waals surface area contributed by atoms with Crippen LogP contribution in [0.15, 0.2) is 52.9 Å². The van der Waals surface area contributed by atoms with E-state index in [0.29, 0.717) is 18.2 Å². The van der Waals surface area contributed by atoms with E-state index in [-0.39, 0.29) is 12.3 Å². The molecule has 0 aliphatic carbocycles. The summed E-state index contributed by atoms with van der Waals surface area (Å²) in [5.74, 6) is 0.864. The third-order valence-corrected chi connectivity index (χ3v) is 5.12. The number of para-hydroxylation sites is 1. The Kier molecular flexibility index (Phi) is 6.51. The molecule has 0 spiro atoms. The number of ether oxygens (including phenoxy) is 1. The van der Waals surface area contributed by atoms with Gasteiger partial charge in [-0.05, 0) is 30.7 Å². The number of nitrogens with one attached hydrogen (secondary N) is 1. The second kappa shape index (κ2) is 9.65. The second-order valence-corrected chi connectivity index (χ2v) is 7.46. The number of carbonyl (C=O) groups is 1. The molecular formula is C23H26N4O3. The lowest BCUT2D eigenvalue weighted by Crippen LogP contribution is -2.35. The normalized spacial score (nSPS) is 14.6. The van der Waals surface area contributed by atoms with E-state index >= 15 is 0 Å². The first-order valence-corrected chi connectivity index (χ1v) is 10.2. The van der Waals surface area contributed by atoms with Crippen LogP contribution in [0.4, 0.5) is 5.69 Å². The summed E-state index contributed by atoms with van der Waals surface area (Å²) in [5, 5.41) is 11.2. The highest BCUT2D eigenvalue weighted by atomic mass is 16.5. The Bertz CT molecular complexity index is 978. The summed E-state index contributed by atoms with van der Waals surface area (Å²) in [5.41, 5.74) is 4.00. The highest BCUT2D eigenvalue weighted by molar-refractivity contribution is 5.91. The van der Waals surface area contributed by atoms with Crippen molar-refractivity contribution in [1.82, 2.24) is 15.1 Å². The number of rotatable bonds is 7. The van der Waals surface area contributed by atoms with Gasteiger partial charge in [0.15, 0.2) is 0 Å². The third kappa shape index (κ3) is 5.31. The number of aromatic nitrogens is 2. The zero-order chi connectivity index (χ0) is 20.8. The average Bonchev–Trinajstić information content (AvgIpc) is 3.24. The summed E-state index contributed by atoms with van der Waals surface area (Å²) in [7, 11) is 0. The van der Waals surface area contributed by atoms with Gasteiger partial charge in [0, 0.05) is 43.7 Å². The van der Waals surface area contributed by atoms with Crippen molar-refractivity contribution in [2.45, 2.75) is 26.3 Å². The van der Waals surface area contributed by atoms with Crippen LogP contribution in [0.5, 0.6) is 0 Å². The molecule has 0 unspecified atom stereocenters. The number of anilines is 1. The van der Waals surface area contributed by atoms with E-state index in [1.54, 1.807) is 0 Å². The largest absolute Gasteiger partial charge is 0.421 e. The van der Waals surface area contributed by atoms with Gasteiger partial charge in [-0.2, -0.15) is 0 Å². The van der Waals surface area contributed by atoms with Crippen molar-refractivity contribution in [2.75, 3.05) is 31.6 Å². The van der Waals surface area contributed by atoms with Crippen LogP contribution in [0.1, 0.15) is 23.4 Å². The van der Waals surface area contributed by atoms with Crippen molar-refractivity contribution < 1.29 is 13.9 Å². The topological polar surface area (TPSA) is 80.5 Å². The highest BCUT2D eigenvalue weighted by Gasteiger charge is 2.15. The Hall–Kier alpha value is -3.03. The van der Waals surface area contributed by atoms with Gasteiger partial charge in [0.2, 0.25) is 17.7 Å². The SMILES string of the molecule is Cc1ccc(-c2nnc(CCC(=O)Nc3ccccc3CN3CCOCC3)o2)cc1. The fraction of sp³-hybridized carbons (Fsp3) is 0.348. The Morgan fingerprint density at radius 2 is 1.83 bits per heavy atom. The fourth-order valence-electron chi connectivity index (χ4n) is 3.38. The van der Waals surface area contributed by atoms with Gasteiger partial charge in [-0.1, -0.05) is 35.9 Å². The summed E-state index contributed by atoms with van der Waals surface area (Å²) in [6.07, 6.45) is 0.678. The van der Waals surface area contributed by atoms with Crippen LogP contribution in [-0.2, 0) is 22.5 Å². The van der Waals surface area contributed by atoms with Gasteiger partial charge in [0.1, 0.15) is 0 Å². The Morgan fingerprint density at radius 3 is 2.63 bits per heavy atom. The van der Waals surface area contributed by atoms with Gasteiger partial charge in [0.05, 0.1) is 13.2 Å². The lowest BCUT2D eigenvalue weighted by Gasteiger charge is -2.27. The van der Waals surface area contributed by atoms with E-state index in [9.17, 15) is 4.79 Å². The standard InChI is InChI=1S/C23H26N4O3/c1-17-6-8-18(9-7-17)23-26-25-22(30-23)11-10-21(28)24-20-5-3-2-4-19(20)16-27-12-14-29-15-13-27/h2-9H,10-16H2,1H3,(H,24,28). The third-order valence-electron chi connectivity index (χ3n) is 5.12. The second-order valence-electron chi connectivity index (χ2n) is 7.46. The predicted octanol–water partition coefficient (Wildman–Crippen LogP) is 3.45. The summed E-state index contributed by atoms with van der Waals surface area (Å²) in [4.78, 5) is 14.8. The molecule has 7 heteroatoms. The van der Waals surface area contributed by atoms with Crippen molar-refractivity contribution >= 4 is 11.6 Å². The molecule has 1 fully saturated rings. The van der Waals surface area contributed by atoms with E-state index in [2.05, 4.69) is 26.5 Å². The molecule has 2 aromatic carbocycles. The first-order valence-electron chi connectivity index (χ1n) is 10.2. The average molecular weight is 406 g/mol. The van der Waals surface area contributed by atoms with Crippen LogP contribution in [0.2, 0.25) is 0 Å². The molecule has 1 aliphatic rings. The molecule has 7 nitrogen and oxygen atoms in total. The Labute approximate surface area is 176 Å². The number of nitrogens with zero attached hydrogens (tertiary/aromatic N) is 3. The molecule has 0 atom stereocenters. The van der Waals surface area contributed by atoms with Crippen LogP contribution < -0.4 is 5.32 Å². The smallest absolute Gasteiger partial charge is 0.247 e. The zero-order valence-electron chi connectivity index (χ0n) is 17.1. The van der Waals surface area contributed by atoms with Crippen LogP contribution in [0.3, 0.4) is 0 Å². The van der Waals surface area contributed by atoms with Gasteiger partial charge in [-0.25, -0.2) is 0 Å². The minimum absolute atomic E-state index is 0.0699. The van der Waals surface area contributed by atoms with E-state index in [0.717, 1.165) is 49.7 Å². The van der Waals surface area contributed by atoms with E-state index in [1.807, 2.05) is 49.4 Å². The van der Waals surface area contributed by atoms with Crippen molar-refractivity contribution in [2.24, 2.45) is 0 Å². The van der Waals surface area contributed by atoms with Crippen LogP contribution in [0, 0.1) is 6.92 Å². The van der Waals surface area contributed by atoms with Gasteiger partial charge in [-0.3, -0.25) is 9.69 Å². The quantitative estimate of drug-likeness (QED) is 0.647. The molecule has 156 valence electrons. The van der Waals surface area contributed by atoms with E-state index in [1.165, 1.54) is 5.56 Å². The molecular weight excluding hydrogens is 380 g/mol. The number of benzene rings is 2. The predicted molar refractivity (Wildman–Crippen MR) is 114 cm³/mol. The monoisotopic (exact) mass is 406 g/mol. The van der Waals surface area contributed by atoms with Gasteiger partial charge >= 0.3 is 0 Å². The van der Waals surface area contributed by atoms with Crippen molar-refractivity contribution in [1.29, 1.82) is 0 Å². The summed E-state index contributed by atoms with van der Waals surface area (Å²) in [6, 6.07) is 15.8. The fourth-order valence-corrected chi connectivity index (χ4v) is 3.38. The van der Waals surface area contributed by atoms with Crippen molar-refractivity contribution in [3.63, 3.8) is 0 Å². The number of aryl methyl sites for hydroxylation is 2. The molecule has 4 rings (SSSR count). The summed E-state index contributed by atoms with van der Waals surface area (Å²) < 4.78 is 11.1. The Morgan fingerprint density at radius 1 is 1.07 bits per heavy atom. The molecule has 2 heterocycles. The van der Waals surface area contributed by atoms with Gasteiger partial charge in [0.25, 0.3) is 0 Å². The maximum absolute atomic E-state index is 12.5. The number of hydrogen-bond donors (Lipinski definition) is 1. The Balaban J connectivity index is 1.33. The zero-order valence-corrected chi connectivity index (χ0v) is 17.1. The summed E-state index contributed by atoms with van der Waals surface area (Å²) in [6.45, 7) is 6.14. The van der Waals surface area contributed by atoms with Crippen molar-refractivity contribution in [3.8, 4) is 11.5 Å². The molecule has 0 bridgehead atoms. The molecule has 1 saturated heterocycles. The highest BCUT2D eigenvalue weighted by Crippen LogP contribution is 2.20. The van der Waals surface area contributed by atoms with Crippen LogP contribution in [-0.4, -0.2) is 47.3 Å². The van der Waals surface area contributed by atoms with Crippen LogP contribution in [0.25, 0.3) is 11.5 Å². The molecule has 1 amide bonds. The molecule has 1 aromatic heterocycles. The minimum Gasteiger partial charge on any atom is -0.421 e. The molecule has 0 saturated carbocycles. The van der Waals surface area contributed by atoms with Gasteiger partial charge in [-0.15, -0.1) is 10.2 Å². The van der Waals surface area contributed by atoms with E-state index < -0.39 is 0 Å². The van der Waals surface area contributed by atoms with Crippen molar-refractivity contribution in [3.05, 3.63) is 65.5 Å². The molecule has 3 aromatic rings. The molecule has 0 radical (unpaired) electrons. The number of carbonyl (C=O) groups excluding carboxylic acids is 1. The maximum atomic E-state index is 12.5. The van der Waals surface area contributed by atoms with E-state index in [4.69, 9.17) is 9.15 Å². The molecule has 30 heavy (non-hydrogen) atoms. The number of amides is 1. The van der Waals surface area contributed by atoms with Gasteiger partial charge < -0.3 is 14.5 Å². The maximum Gasteiger partial charge on any atom is 0.247 e. The number of hydrogen-bond acceptors (Lipinski definition) is 6. The minimum atomic E-state index is -0.0699. The number of morpholine rings is 1. The molecule has 1 N–H and O–H groups in total. The lowest BCUT2D eigenvalue weighted by molar-refractivity contribution is -0.116. The summed E-state index contributed by atoms with van der Waals surface area (Å²) >= 11 is 0. The lowest BCUT2D eigenvalue weighted by atomic mass is 10.1. The van der Waals surface area contributed by atoms with Crippen LogP contribution >= 0.6 is 0 Å². The molecule has 1 aliphatic heterocycles.